The summed E-state index contributed by atoms with van der Waals surface area (Å²) in [7, 11) is 2.07. The van der Waals surface area contributed by atoms with E-state index >= 15 is 0 Å². The van der Waals surface area contributed by atoms with Crippen molar-refractivity contribution in [1.82, 2.24) is 15.2 Å². The van der Waals surface area contributed by atoms with Crippen molar-refractivity contribution in [3.05, 3.63) is 65.8 Å². The Morgan fingerprint density at radius 3 is 2.62 bits per heavy atom. The van der Waals surface area contributed by atoms with Crippen LogP contribution in [-0.4, -0.2) is 49.1 Å². The molecule has 4 rings (SSSR count). The first-order valence-corrected chi connectivity index (χ1v) is 10.7. The Balaban J connectivity index is 1.40. The number of carbonyl (C=O) groups is 1. The summed E-state index contributed by atoms with van der Waals surface area (Å²) in [6.07, 6.45) is 3.09. The molecular weight excluding hydrogens is 409 g/mol. The maximum atomic E-state index is 14.8. The minimum Gasteiger partial charge on any atom is -0.445 e. The number of nitrogens with one attached hydrogen (secondary N) is 2. The van der Waals surface area contributed by atoms with E-state index < -0.39 is 0 Å². The molecule has 2 N–H and O–H groups in total. The van der Waals surface area contributed by atoms with Crippen LogP contribution >= 0.6 is 0 Å². The first-order valence-electron chi connectivity index (χ1n) is 10.7. The molecule has 32 heavy (non-hydrogen) atoms. The van der Waals surface area contributed by atoms with Crippen molar-refractivity contribution in [3.63, 3.8) is 0 Å². The third-order valence-corrected chi connectivity index (χ3v) is 5.82. The SMILES string of the molecule is Cc1ccc(NC(=O)NC(C)c2ccc(N3CCN(C)CC3)c(F)c2)cc1-c1ncco1. The topological polar surface area (TPSA) is 73.6 Å². The first-order chi connectivity index (χ1) is 15.4. The molecule has 0 aliphatic carbocycles. The van der Waals surface area contributed by atoms with Crippen molar-refractivity contribution in [2.45, 2.75) is 19.9 Å². The molecular formula is C24H28FN5O2. The van der Waals surface area contributed by atoms with Crippen LogP contribution in [0.15, 0.2) is 53.3 Å². The third-order valence-electron chi connectivity index (χ3n) is 5.82. The van der Waals surface area contributed by atoms with E-state index in [1.807, 2.05) is 38.1 Å². The van der Waals surface area contributed by atoms with Crippen molar-refractivity contribution in [1.29, 1.82) is 0 Å². The Labute approximate surface area is 187 Å². The van der Waals surface area contributed by atoms with Crippen LogP contribution in [0.3, 0.4) is 0 Å². The van der Waals surface area contributed by atoms with Gasteiger partial charge >= 0.3 is 6.03 Å². The molecule has 1 saturated heterocycles. The summed E-state index contributed by atoms with van der Waals surface area (Å²) in [5.41, 5.74) is 3.73. The quantitative estimate of drug-likeness (QED) is 0.618. The molecule has 0 saturated carbocycles. The van der Waals surface area contributed by atoms with Crippen LogP contribution < -0.4 is 15.5 Å². The molecule has 8 heteroatoms. The highest BCUT2D eigenvalue weighted by Crippen LogP contribution is 2.26. The Bertz CT molecular complexity index is 1080. The highest BCUT2D eigenvalue weighted by atomic mass is 19.1. The van der Waals surface area contributed by atoms with Crippen LogP contribution in [0.2, 0.25) is 0 Å². The van der Waals surface area contributed by atoms with E-state index in [0.717, 1.165) is 37.3 Å². The third kappa shape index (κ3) is 4.91. The zero-order valence-corrected chi connectivity index (χ0v) is 18.6. The molecule has 1 aliphatic rings. The minimum absolute atomic E-state index is 0.268. The van der Waals surface area contributed by atoms with Gasteiger partial charge in [0.15, 0.2) is 0 Å². The molecule has 7 nitrogen and oxygen atoms in total. The molecule has 2 aromatic carbocycles. The number of likely N-dealkylation sites (N-methyl/N-ethyl adjacent to an activating group) is 1. The number of hydrogen-bond acceptors (Lipinski definition) is 5. The molecule has 2 amide bonds. The van der Waals surface area contributed by atoms with Gasteiger partial charge in [-0.3, -0.25) is 0 Å². The fourth-order valence-electron chi connectivity index (χ4n) is 3.83. The lowest BCUT2D eigenvalue weighted by molar-refractivity contribution is 0.249. The standard InChI is InChI=1S/C24H28FN5O2/c1-16-4-6-19(15-20(16)23-26-8-13-32-23)28-24(31)27-17(2)18-5-7-22(21(25)14-18)30-11-9-29(3)10-12-30/h4-8,13-15,17H,9-12H2,1-3H3,(H2,27,28,31). The summed E-state index contributed by atoms with van der Waals surface area (Å²) in [6.45, 7) is 7.21. The van der Waals surface area contributed by atoms with Crippen molar-refractivity contribution in [2.75, 3.05) is 43.4 Å². The Kier molecular flexibility index (Phi) is 6.41. The number of carbonyl (C=O) groups excluding carboxylic acids is 1. The summed E-state index contributed by atoms with van der Waals surface area (Å²) < 4.78 is 20.2. The van der Waals surface area contributed by atoms with Gasteiger partial charge in [0.05, 0.1) is 17.9 Å². The van der Waals surface area contributed by atoms with Crippen LogP contribution in [-0.2, 0) is 0 Å². The molecule has 168 valence electrons. The second-order valence-electron chi connectivity index (χ2n) is 8.19. The van der Waals surface area contributed by atoms with Crippen LogP contribution in [0.4, 0.5) is 20.6 Å². The molecule has 0 radical (unpaired) electrons. The minimum atomic E-state index is -0.372. The second-order valence-corrected chi connectivity index (χ2v) is 8.19. The maximum Gasteiger partial charge on any atom is 0.319 e. The number of aromatic nitrogens is 1. The lowest BCUT2D eigenvalue weighted by Crippen LogP contribution is -2.44. The number of halogens is 1. The van der Waals surface area contributed by atoms with Gasteiger partial charge in [-0.15, -0.1) is 0 Å². The average molecular weight is 438 g/mol. The van der Waals surface area contributed by atoms with Gasteiger partial charge in [-0.1, -0.05) is 12.1 Å². The van der Waals surface area contributed by atoms with Crippen molar-refractivity contribution in [3.8, 4) is 11.5 Å². The molecule has 3 aromatic rings. The highest BCUT2D eigenvalue weighted by molar-refractivity contribution is 5.90. The molecule has 0 bridgehead atoms. The van der Waals surface area contributed by atoms with Gasteiger partial charge < -0.3 is 24.9 Å². The smallest absolute Gasteiger partial charge is 0.319 e. The Hall–Kier alpha value is -3.39. The monoisotopic (exact) mass is 437 g/mol. The number of nitrogens with zero attached hydrogens (tertiary/aromatic N) is 3. The first kappa shape index (κ1) is 21.8. The van der Waals surface area contributed by atoms with Crippen molar-refractivity contribution in [2.24, 2.45) is 0 Å². The predicted molar refractivity (Wildman–Crippen MR) is 123 cm³/mol. The van der Waals surface area contributed by atoms with E-state index in [9.17, 15) is 9.18 Å². The summed E-state index contributed by atoms with van der Waals surface area (Å²) in [5.74, 6) is 0.228. The van der Waals surface area contributed by atoms with Crippen LogP contribution in [0.1, 0.15) is 24.1 Å². The number of piperazine rings is 1. The molecule has 1 aromatic heterocycles. The van der Waals surface area contributed by atoms with Gasteiger partial charge in [0.25, 0.3) is 0 Å². The van der Waals surface area contributed by atoms with Gasteiger partial charge in [0.1, 0.15) is 12.1 Å². The number of aryl methyl sites for hydroxylation is 1. The van der Waals surface area contributed by atoms with Gasteiger partial charge in [-0.25, -0.2) is 14.2 Å². The maximum absolute atomic E-state index is 14.8. The van der Waals surface area contributed by atoms with Crippen LogP contribution in [0, 0.1) is 12.7 Å². The molecule has 1 atom stereocenters. The lowest BCUT2D eigenvalue weighted by atomic mass is 10.1. The number of hydrogen-bond donors (Lipinski definition) is 2. The number of benzene rings is 2. The molecule has 2 heterocycles. The number of urea groups is 1. The van der Waals surface area contributed by atoms with Gasteiger partial charge in [0, 0.05) is 37.4 Å². The largest absolute Gasteiger partial charge is 0.445 e. The fraction of sp³-hybridized carbons (Fsp3) is 0.333. The van der Waals surface area contributed by atoms with Gasteiger partial charge in [0.2, 0.25) is 5.89 Å². The predicted octanol–water partition coefficient (Wildman–Crippen LogP) is 4.42. The van der Waals surface area contributed by atoms with Crippen LogP contribution in [0.5, 0.6) is 0 Å². The van der Waals surface area contributed by atoms with E-state index in [1.54, 1.807) is 12.3 Å². The molecule has 1 unspecified atom stereocenters. The fourth-order valence-corrected chi connectivity index (χ4v) is 3.83. The van der Waals surface area contributed by atoms with Crippen molar-refractivity contribution < 1.29 is 13.6 Å². The summed E-state index contributed by atoms with van der Waals surface area (Å²) in [6, 6.07) is 9.97. The lowest BCUT2D eigenvalue weighted by Gasteiger charge is -2.34. The van der Waals surface area contributed by atoms with E-state index in [4.69, 9.17) is 4.42 Å². The molecule has 1 fully saturated rings. The summed E-state index contributed by atoms with van der Waals surface area (Å²) in [4.78, 5) is 21.0. The molecule has 0 spiro atoms. The highest BCUT2D eigenvalue weighted by Gasteiger charge is 2.19. The van der Waals surface area contributed by atoms with Gasteiger partial charge in [-0.2, -0.15) is 0 Å². The van der Waals surface area contributed by atoms with Crippen LogP contribution in [0.25, 0.3) is 11.5 Å². The van der Waals surface area contributed by atoms with E-state index in [0.29, 0.717) is 22.8 Å². The second kappa shape index (κ2) is 9.40. The normalized spacial score (nSPS) is 15.4. The summed E-state index contributed by atoms with van der Waals surface area (Å²) in [5, 5.41) is 5.70. The Morgan fingerprint density at radius 2 is 1.94 bits per heavy atom. The van der Waals surface area contributed by atoms with E-state index in [2.05, 4.69) is 32.5 Å². The Morgan fingerprint density at radius 1 is 1.16 bits per heavy atom. The zero-order valence-electron chi connectivity index (χ0n) is 18.6. The summed E-state index contributed by atoms with van der Waals surface area (Å²) >= 11 is 0. The van der Waals surface area contributed by atoms with Crippen molar-refractivity contribution >= 4 is 17.4 Å². The zero-order chi connectivity index (χ0) is 22.7. The number of oxazole rings is 1. The number of anilines is 2. The van der Waals surface area contributed by atoms with E-state index in [1.165, 1.54) is 12.3 Å². The number of amides is 2. The number of rotatable bonds is 5. The van der Waals surface area contributed by atoms with E-state index in [-0.39, 0.29) is 17.9 Å². The molecule has 1 aliphatic heterocycles. The average Bonchev–Trinajstić information content (AvgIpc) is 3.30. The van der Waals surface area contributed by atoms with Gasteiger partial charge in [-0.05, 0) is 56.3 Å².